The fraction of sp³-hybridized carbons (Fsp3) is 0.207. The fourth-order valence-electron chi connectivity index (χ4n) is 5.84. The van der Waals surface area contributed by atoms with Gasteiger partial charge in [-0.3, -0.25) is 14.4 Å². The summed E-state index contributed by atoms with van der Waals surface area (Å²) in [5, 5.41) is 0. The van der Waals surface area contributed by atoms with Crippen molar-refractivity contribution in [2.75, 3.05) is 19.1 Å². The van der Waals surface area contributed by atoms with Crippen molar-refractivity contribution < 1.29 is 23.9 Å². The van der Waals surface area contributed by atoms with Crippen LogP contribution < -0.4 is 14.4 Å². The number of nitrogens with zero attached hydrogens (tertiary/aromatic N) is 2. The SMILES string of the molecule is COc1ccc(N2C(=O)[C@@H]3[C@H](C2=O)[C@H]2c4ccccc4C=CN2[C@H]3C(=O)c2ccccc2)c(OC)c1. The van der Waals surface area contributed by atoms with Crippen LogP contribution in [0.2, 0.25) is 0 Å². The lowest BCUT2D eigenvalue weighted by atomic mass is 9.83. The Bertz CT molecular complexity index is 1420. The van der Waals surface area contributed by atoms with E-state index in [1.54, 1.807) is 42.5 Å². The first-order valence-corrected chi connectivity index (χ1v) is 11.8. The Kier molecular flexibility index (Phi) is 5.14. The molecule has 36 heavy (non-hydrogen) atoms. The number of Topliss-reactive ketones (excluding diaryl/α,β-unsaturated/α-hetero) is 1. The third-order valence-corrected chi connectivity index (χ3v) is 7.42. The molecule has 7 heteroatoms. The Morgan fingerprint density at radius 3 is 2.31 bits per heavy atom. The standard InChI is InChI=1S/C29H24N2O5/c1-35-19-12-13-21(22(16-19)36-2)31-28(33)23-24(29(31)34)26(27(32)18-9-4-3-5-10-18)30-15-14-17-8-6-7-11-20(17)25(23)30/h3-16,23-26H,1-2H3/t23-,24+,25+,26+/m0/s1. The average molecular weight is 481 g/mol. The minimum absolute atomic E-state index is 0.179. The van der Waals surface area contributed by atoms with Crippen LogP contribution in [0.1, 0.15) is 27.5 Å². The smallest absolute Gasteiger partial charge is 0.240 e. The van der Waals surface area contributed by atoms with Crippen LogP contribution in [-0.4, -0.2) is 42.8 Å². The van der Waals surface area contributed by atoms with Gasteiger partial charge in [0.15, 0.2) is 5.78 Å². The van der Waals surface area contributed by atoms with Crippen molar-refractivity contribution in [3.05, 3.63) is 95.7 Å². The molecule has 0 unspecified atom stereocenters. The summed E-state index contributed by atoms with van der Waals surface area (Å²) in [6.07, 6.45) is 3.80. The van der Waals surface area contributed by atoms with Gasteiger partial charge in [-0.15, -0.1) is 0 Å². The Morgan fingerprint density at radius 1 is 0.833 bits per heavy atom. The molecule has 180 valence electrons. The molecule has 0 radical (unpaired) electrons. The summed E-state index contributed by atoms with van der Waals surface area (Å²) < 4.78 is 10.8. The number of rotatable bonds is 5. The Balaban J connectivity index is 1.50. The van der Waals surface area contributed by atoms with Crippen LogP contribution in [0.5, 0.6) is 11.5 Å². The molecule has 3 aromatic rings. The van der Waals surface area contributed by atoms with Gasteiger partial charge >= 0.3 is 0 Å². The average Bonchev–Trinajstić information content (AvgIpc) is 3.40. The molecule has 3 heterocycles. The van der Waals surface area contributed by atoms with E-state index in [1.807, 2.05) is 47.5 Å². The lowest BCUT2D eigenvalue weighted by molar-refractivity contribution is -0.123. The van der Waals surface area contributed by atoms with Crippen molar-refractivity contribution in [1.82, 2.24) is 4.90 Å². The summed E-state index contributed by atoms with van der Waals surface area (Å²) in [6.45, 7) is 0. The minimum atomic E-state index is -0.835. The number of carbonyl (C=O) groups excluding carboxylic acids is 3. The molecule has 0 N–H and O–H groups in total. The minimum Gasteiger partial charge on any atom is -0.497 e. The first-order valence-electron chi connectivity index (χ1n) is 11.8. The van der Waals surface area contributed by atoms with E-state index >= 15 is 0 Å². The van der Waals surface area contributed by atoms with Gasteiger partial charge in [0.1, 0.15) is 17.5 Å². The van der Waals surface area contributed by atoms with Gasteiger partial charge in [-0.1, -0.05) is 54.6 Å². The van der Waals surface area contributed by atoms with E-state index in [4.69, 9.17) is 9.47 Å². The highest BCUT2D eigenvalue weighted by atomic mass is 16.5. The maximum absolute atomic E-state index is 14.0. The van der Waals surface area contributed by atoms with Crippen LogP contribution in [0, 0.1) is 11.8 Å². The quantitative estimate of drug-likeness (QED) is 0.404. The Labute approximate surface area is 208 Å². The fourth-order valence-corrected chi connectivity index (χ4v) is 5.84. The van der Waals surface area contributed by atoms with Gasteiger partial charge < -0.3 is 14.4 Å². The predicted molar refractivity (Wildman–Crippen MR) is 134 cm³/mol. The van der Waals surface area contributed by atoms with Crippen molar-refractivity contribution >= 4 is 29.4 Å². The van der Waals surface area contributed by atoms with Crippen molar-refractivity contribution in [1.29, 1.82) is 0 Å². The maximum Gasteiger partial charge on any atom is 0.240 e. The van der Waals surface area contributed by atoms with Gasteiger partial charge in [0.05, 0.1) is 37.8 Å². The van der Waals surface area contributed by atoms with Crippen molar-refractivity contribution in [3.63, 3.8) is 0 Å². The summed E-state index contributed by atoms with van der Waals surface area (Å²) in [6, 6.07) is 20.5. The molecule has 6 rings (SSSR count). The van der Waals surface area contributed by atoms with Crippen LogP contribution in [0.4, 0.5) is 5.69 Å². The van der Waals surface area contributed by atoms with Gasteiger partial charge in [-0.2, -0.15) is 0 Å². The third kappa shape index (κ3) is 3.09. The molecule has 0 bridgehead atoms. The van der Waals surface area contributed by atoms with E-state index in [9.17, 15) is 14.4 Å². The zero-order valence-corrected chi connectivity index (χ0v) is 19.8. The molecule has 2 amide bonds. The van der Waals surface area contributed by atoms with Crippen LogP contribution in [0.3, 0.4) is 0 Å². The highest BCUT2D eigenvalue weighted by Gasteiger charge is 2.64. The van der Waals surface area contributed by atoms with Crippen molar-refractivity contribution in [2.24, 2.45) is 11.8 Å². The monoisotopic (exact) mass is 480 g/mol. The second-order valence-electron chi connectivity index (χ2n) is 9.11. The first kappa shape index (κ1) is 22.1. The van der Waals surface area contributed by atoms with Crippen LogP contribution in [-0.2, 0) is 9.59 Å². The molecule has 0 aromatic heterocycles. The Morgan fingerprint density at radius 2 is 1.56 bits per heavy atom. The van der Waals surface area contributed by atoms with Crippen molar-refractivity contribution in [3.8, 4) is 11.5 Å². The molecule has 2 fully saturated rings. The first-order chi connectivity index (χ1) is 17.5. The molecule has 4 atom stereocenters. The molecular formula is C29H24N2O5. The number of benzene rings is 3. The molecule has 0 aliphatic carbocycles. The van der Waals surface area contributed by atoms with E-state index in [0.717, 1.165) is 11.1 Å². The van der Waals surface area contributed by atoms with E-state index in [1.165, 1.54) is 19.1 Å². The van der Waals surface area contributed by atoms with Crippen LogP contribution in [0.15, 0.2) is 79.0 Å². The number of anilines is 1. The number of amides is 2. The number of fused-ring (bicyclic) bond motifs is 5. The molecule has 7 nitrogen and oxygen atoms in total. The van der Waals surface area contributed by atoms with Crippen LogP contribution in [0.25, 0.3) is 6.08 Å². The number of imide groups is 1. The van der Waals surface area contributed by atoms with Crippen LogP contribution >= 0.6 is 0 Å². The number of ether oxygens (including phenoxy) is 2. The van der Waals surface area contributed by atoms with E-state index in [2.05, 4.69) is 0 Å². The number of carbonyl (C=O) groups is 3. The largest absolute Gasteiger partial charge is 0.497 e. The lowest BCUT2D eigenvalue weighted by Gasteiger charge is -2.35. The maximum atomic E-state index is 14.0. The normalized spacial score (nSPS) is 23.8. The molecule has 3 aromatic carbocycles. The summed E-state index contributed by atoms with van der Waals surface area (Å²) in [5.74, 6) is -1.57. The summed E-state index contributed by atoms with van der Waals surface area (Å²) in [7, 11) is 3.02. The van der Waals surface area contributed by atoms with Gasteiger partial charge in [-0.05, 0) is 29.3 Å². The topological polar surface area (TPSA) is 76.2 Å². The lowest BCUT2D eigenvalue weighted by Crippen LogP contribution is -2.44. The summed E-state index contributed by atoms with van der Waals surface area (Å²) >= 11 is 0. The predicted octanol–water partition coefficient (Wildman–Crippen LogP) is 4.10. The number of hydrogen-bond donors (Lipinski definition) is 0. The van der Waals surface area contributed by atoms with E-state index < -0.39 is 29.8 Å². The molecule has 3 aliphatic rings. The molecule has 0 saturated carbocycles. The molecule has 2 saturated heterocycles. The van der Waals surface area contributed by atoms with Gasteiger partial charge in [0, 0.05) is 17.8 Å². The number of methoxy groups -OCH3 is 2. The second-order valence-corrected chi connectivity index (χ2v) is 9.11. The summed E-state index contributed by atoms with van der Waals surface area (Å²) in [4.78, 5) is 45.0. The van der Waals surface area contributed by atoms with E-state index in [-0.39, 0.29) is 11.7 Å². The third-order valence-electron chi connectivity index (χ3n) is 7.42. The van der Waals surface area contributed by atoms with Crippen molar-refractivity contribution in [2.45, 2.75) is 12.1 Å². The molecule has 0 spiro atoms. The number of ketones is 1. The van der Waals surface area contributed by atoms with Gasteiger partial charge in [0.2, 0.25) is 11.8 Å². The van der Waals surface area contributed by atoms with E-state index in [0.29, 0.717) is 22.7 Å². The van der Waals surface area contributed by atoms with Gasteiger partial charge in [-0.25, -0.2) is 4.90 Å². The highest BCUT2D eigenvalue weighted by molar-refractivity contribution is 6.25. The van der Waals surface area contributed by atoms with Gasteiger partial charge in [0.25, 0.3) is 0 Å². The molecular weight excluding hydrogens is 456 g/mol. The second kappa shape index (κ2) is 8.37. The molecule has 3 aliphatic heterocycles. The zero-order chi connectivity index (χ0) is 25.0. The number of hydrogen-bond acceptors (Lipinski definition) is 6. The Hall–Kier alpha value is -4.39. The zero-order valence-electron chi connectivity index (χ0n) is 19.8. The summed E-state index contributed by atoms with van der Waals surface area (Å²) in [5.41, 5.74) is 2.77. The highest BCUT2D eigenvalue weighted by Crippen LogP contribution is 2.54.